The summed E-state index contributed by atoms with van der Waals surface area (Å²) in [6.07, 6.45) is 1.55. The second-order valence-corrected chi connectivity index (χ2v) is 7.58. The number of carbonyl (C=O) groups excluding carboxylic acids is 1. The Morgan fingerprint density at radius 1 is 1.30 bits per heavy atom. The number of nitrogens with one attached hydrogen (secondary N) is 1. The highest BCUT2D eigenvalue weighted by molar-refractivity contribution is 5.94. The fraction of sp³-hybridized carbons (Fsp3) is 0.364. The second kappa shape index (κ2) is 7.68. The Labute approximate surface area is 172 Å². The first-order valence-electron chi connectivity index (χ1n) is 9.85. The summed E-state index contributed by atoms with van der Waals surface area (Å²) in [5, 5.41) is 2.56. The molecule has 158 valence electrons. The van der Waals surface area contributed by atoms with Crippen LogP contribution in [0.25, 0.3) is 5.70 Å². The highest BCUT2D eigenvalue weighted by Crippen LogP contribution is 2.37. The molecular formula is C22H23F2N3O3. The predicted molar refractivity (Wildman–Crippen MR) is 108 cm³/mol. The Balaban J connectivity index is 1.68. The normalized spacial score (nSPS) is 20.1. The molecule has 8 heteroatoms. The van der Waals surface area contributed by atoms with Crippen molar-refractivity contribution in [2.45, 2.75) is 32.5 Å². The van der Waals surface area contributed by atoms with Crippen LogP contribution in [-0.4, -0.2) is 41.2 Å². The summed E-state index contributed by atoms with van der Waals surface area (Å²) in [4.78, 5) is 27.8. The van der Waals surface area contributed by atoms with Crippen LogP contribution in [-0.2, 0) is 11.3 Å². The Bertz CT molecular complexity index is 1100. The number of carbonyl (C=O) groups is 1. The molecule has 1 N–H and O–H groups in total. The van der Waals surface area contributed by atoms with Crippen molar-refractivity contribution in [1.29, 1.82) is 0 Å². The van der Waals surface area contributed by atoms with Gasteiger partial charge in [-0.3, -0.25) is 9.59 Å². The van der Waals surface area contributed by atoms with Crippen molar-refractivity contribution in [3.8, 4) is 0 Å². The van der Waals surface area contributed by atoms with Gasteiger partial charge in [0.15, 0.2) is 5.43 Å². The Kier molecular flexibility index (Phi) is 5.19. The second-order valence-electron chi connectivity index (χ2n) is 7.58. The van der Waals surface area contributed by atoms with Crippen molar-refractivity contribution in [2.75, 3.05) is 19.8 Å². The number of amides is 1. The molecule has 2 aromatic rings. The summed E-state index contributed by atoms with van der Waals surface area (Å²) >= 11 is 0. The molecule has 1 aromatic carbocycles. The van der Waals surface area contributed by atoms with Gasteiger partial charge in [0.05, 0.1) is 36.7 Å². The van der Waals surface area contributed by atoms with E-state index in [0.717, 1.165) is 24.4 Å². The molecule has 0 radical (unpaired) electrons. The summed E-state index contributed by atoms with van der Waals surface area (Å²) < 4.78 is 34.5. The van der Waals surface area contributed by atoms with Crippen molar-refractivity contribution < 1.29 is 18.3 Å². The summed E-state index contributed by atoms with van der Waals surface area (Å²) in [7, 11) is 0. The van der Waals surface area contributed by atoms with E-state index in [1.165, 1.54) is 6.07 Å². The van der Waals surface area contributed by atoms with Gasteiger partial charge in [0.1, 0.15) is 17.2 Å². The number of hydrogen-bond acceptors (Lipinski definition) is 4. The van der Waals surface area contributed by atoms with Crippen LogP contribution >= 0.6 is 0 Å². The lowest BCUT2D eigenvalue weighted by atomic mass is 9.98. The van der Waals surface area contributed by atoms with Gasteiger partial charge in [-0.15, -0.1) is 0 Å². The van der Waals surface area contributed by atoms with Gasteiger partial charge in [0, 0.05) is 36.5 Å². The van der Waals surface area contributed by atoms with Gasteiger partial charge in [0.2, 0.25) is 0 Å². The molecule has 0 bridgehead atoms. The number of fused-ring (bicyclic) bond motifs is 3. The van der Waals surface area contributed by atoms with Crippen molar-refractivity contribution in [3.05, 3.63) is 75.2 Å². The van der Waals surface area contributed by atoms with E-state index in [-0.39, 0.29) is 29.8 Å². The van der Waals surface area contributed by atoms with Crippen molar-refractivity contribution >= 4 is 11.6 Å². The van der Waals surface area contributed by atoms with Crippen LogP contribution in [0.3, 0.4) is 0 Å². The fourth-order valence-electron chi connectivity index (χ4n) is 4.35. The molecular weight excluding hydrogens is 392 g/mol. The maximum absolute atomic E-state index is 13.8. The van der Waals surface area contributed by atoms with Gasteiger partial charge >= 0.3 is 0 Å². The zero-order chi connectivity index (χ0) is 21.6. The number of halogens is 2. The van der Waals surface area contributed by atoms with E-state index >= 15 is 0 Å². The average molecular weight is 415 g/mol. The molecule has 0 aliphatic carbocycles. The smallest absolute Gasteiger partial charge is 0.257 e. The molecule has 0 spiro atoms. The molecule has 1 aromatic heterocycles. The molecule has 0 saturated carbocycles. The SMILES string of the molecule is C=C1c2c(C)c(=O)c(C(=O)NCc3ccc(F)cc3F)cn2C2COCC2N1CC. The number of hydrogen-bond donors (Lipinski definition) is 1. The number of pyridine rings is 1. The molecule has 1 saturated heterocycles. The van der Waals surface area contributed by atoms with Crippen molar-refractivity contribution in [1.82, 2.24) is 14.8 Å². The standard InChI is InChI=1S/C22H23F2N3O3/c1-4-26-13(3)20-12(2)21(28)16(9-27(20)19-11-30-10-18(19)26)22(29)25-8-14-5-6-15(23)7-17(14)24/h5-7,9,18-19H,3-4,8,10-11H2,1-2H3,(H,25,29). The average Bonchev–Trinajstić information content (AvgIpc) is 3.19. The van der Waals surface area contributed by atoms with E-state index in [9.17, 15) is 18.4 Å². The van der Waals surface area contributed by atoms with Crippen LogP contribution in [0.1, 0.15) is 40.1 Å². The third-order valence-electron chi connectivity index (χ3n) is 5.91. The van der Waals surface area contributed by atoms with Crippen LogP contribution in [0, 0.1) is 18.6 Å². The van der Waals surface area contributed by atoms with Crippen LogP contribution in [0.2, 0.25) is 0 Å². The van der Waals surface area contributed by atoms with Crippen molar-refractivity contribution in [2.24, 2.45) is 0 Å². The fourth-order valence-corrected chi connectivity index (χ4v) is 4.35. The van der Waals surface area contributed by atoms with E-state index in [2.05, 4.69) is 16.8 Å². The van der Waals surface area contributed by atoms with Gasteiger partial charge in [-0.05, 0) is 19.9 Å². The van der Waals surface area contributed by atoms with Crippen LogP contribution in [0.15, 0.2) is 35.8 Å². The maximum Gasteiger partial charge on any atom is 0.257 e. The minimum absolute atomic E-state index is 0.0258. The van der Waals surface area contributed by atoms with Gasteiger partial charge in [-0.1, -0.05) is 12.6 Å². The lowest BCUT2D eigenvalue weighted by Crippen LogP contribution is -2.46. The molecule has 4 rings (SSSR count). The minimum Gasteiger partial charge on any atom is -0.377 e. The molecule has 3 heterocycles. The Morgan fingerprint density at radius 3 is 2.73 bits per heavy atom. The molecule has 2 aliphatic rings. The van der Waals surface area contributed by atoms with Gasteiger partial charge in [-0.25, -0.2) is 8.78 Å². The molecule has 1 amide bonds. The Morgan fingerprint density at radius 2 is 2.03 bits per heavy atom. The highest BCUT2D eigenvalue weighted by Gasteiger charge is 2.41. The number of nitrogens with zero attached hydrogens (tertiary/aromatic N) is 2. The zero-order valence-electron chi connectivity index (χ0n) is 16.9. The van der Waals surface area contributed by atoms with Crippen molar-refractivity contribution in [3.63, 3.8) is 0 Å². The van der Waals surface area contributed by atoms with Gasteiger partial charge in [0.25, 0.3) is 5.91 Å². The topological polar surface area (TPSA) is 63.6 Å². The third kappa shape index (κ3) is 3.21. The van der Waals surface area contributed by atoms with E-state index in [1.54, 1.807) is 13.1 Å². The van der Waals surface area contributed by atoms with E-state index < -0.39 is 23.0 Å². The highest BCUT2D eigenvalue weighted by atomic mass is 19.1. The van der Waals surface area contributed by atoms with Gasteiger partial charge in [-0.2, -0.15) is 0 Å². The number of rotatable bonds is 4. The third-order valence-corrected chi connectivity index (χ3v) is 5.91. The van der Waals surface area contributed by atoms with E-state index in [1.807, 2.05) is 11.5 Å². The summed E-state index contributed by atoms with van der Waals surface area (Å²) in [6, 6.07) is 3.19. The Hall–Kier alpha value is -3.00. The largest absolute Gasteiger partial charge is 0.377 e. The van der Waals surface area contributed by atoms with E-state index in [0.29, 0.717) is 24.5 Å². The monoisotopic (exact) mass is 415 g/mol. The van der Waals surface area contributed by atoms with Crippen LogP contribution < -0.4 is 10.7 Å². The molecule has 2 unspecified atom stereocenters. The lowest BCUT2D eigenvalue weighted by molar-refractivity contribution is 0.0948. The van der Waals surface area contributed by atoms with E-state index in [4.69, 9.17) is 4.74 Å². The number of ether oxygens (including phenoxy) is 1. The van der Waals surface area contributed by atoms with Crippen LogP contribution in [0.4, 0.5) is 8.78 Å². The quantitative estimate of drug-likeness (QED) is 0.834. The first-order chi connectivity index (χ1) is 14.3. The first kappa shape index (κ1) is 20.3. The maximum atomic E-state index is 13.8. The lowest BCUT2D eigenvalue weighted by Gasteiger charge is -2.42. The molecule has 2 aliphatic heterocycles. The first-order valence-corrected chi connectivity index (χ1v) is 9.85. The summed E-state index contributed by atoms with van der Waals surface area (Å²) in [5.41, 5.74) is 1.59. The minimum atomic E-state index is -0.754. The molecule has 6 nitrogen and oxygen atoms in total. The predicted octanol–water partition coefficient (Wildman–Crippen LogP) is 2.61. The van der Waals surface area contributed by atoms with Crippen LogP contribution in [0.5, 0.6) is 0 Å². The zero-order valence-corrected chi connectivity index (χ0v) is 16.9. The molecule has 1 fully saturated rings. The number of benzene rings is 1. The molecule has 2 atom stereocenters. The number of likely N-dealkylation sites (N-methyl/N-ethyl adjacent to an activating group) is 1. The summed E-state index contributed by atoms with van der Waals surface area (Å²) in [5.74, 6) is -2.06. The summed E-state index contributed by atoms with van der Waals surface area (Å²) in [6.45, 7) is 9.49. The van der Waals surface area contributed by atoms with Gasteiger partial charge < -0.3 is 19.5 Å². The molecule has 30 heavy (non-hydrogen) atoms. The number of aromatic nitrogens is 1.